The van der Waals surface area contributed by atoms with Gasteiger partial charge in [-0.05, 0) is 18.6 Å². The monoisotopic (exact) mass is 268 g/mol. The van der Waals surface area contributed by atoms with E-state index in [4.69, 9.17) is 9.47 Å². The summed E-state index contributed by atoms with van der Waals surface area (Å²) in [5.41, 5.74) is 0.235. The first-order chi connectivity index (χ1) is 9.15. The highest BCUT2D eigenvalue weighted by molar-refractivity contribution is 5.92. The highest BCUT2D eigenvalue weighted by Crippen LogP contribution is 2.22. The number of halogens is 1. The van der Waals surface area contributed by atoms with E-state index in [-0.39, 0.29) is 23.7 Å². The Hall–Kier alpha value is -1.53. The third-order valence-corrected chi connectivity index (χ3v) is 3.28. The number of carbonyl (C=O) groups excluding carboxylic acids is 1. The predicted octanol–water partition coefficient (Wildman–Crippen LogP) is 1.10. The lowest BCUT2D eigenvalue weighted by molar-refractivity contribution is 0.0606. The minimum atomic E-state index is -0.457. The summed E-state index contributed by atoms with van der Waals surface area (Å²) in [6, 6.07) is 2.59. The van der Waals surface area contributed by atoms with Crippen molar-refractivity contribution in [2.75, 3.05) is 27.4 Å². The fourth-order valence-electron chi connectivity index (χ4n) is 2.29. The van der Waals surface area contributed by atoms with E-state index < -0.39 is 5.82 Å². The van der Waals surface area contributed by atoms with Crippen molar-refractivity contribution in [3.63, 3.8) is 0 Å². The second-order valence-corrected chi connectivity index (χ2v) is 4.52. The zero-order valence-corrected chi connectivity index (χ0v) is 11.0. The zero-order chi connectivity index (χ0) is 13.8. The molecule has 5 nitrogen and oxygen atoms in total. The smallest absolute Gasteiger partial charge is 0.272 e. The number of ether oxygens (including phenoxy) is 2. The molecule has 1 fully saturated rings. The lowest BCUT2D eigenvalue weighted by Crippen LogP contribution is -2.38. The number of amides is 1. The van der Waals surface area contributed by atoms with E-state index in [2.05, 4.69) is 4.98 Å². The van der Waals surface area contributed by atoms with Crippen LogP contribution in [0.5, 0.6) is 0 Å². The summed E-state index contributed by atoms with van der Waals surface area (Å²) in [5.74, 6) is -0.678. The van der Waals surface area contributed by atoms with E-state index in [1.165, 1.54) is 12.1 Å². The molecule has 0 N–H and O–H groups in total. The number of pyridine rings is 1. The van der Waals surface area contributed by atoms with Crippen LogP contribution in [-0.4, -0.2) is 55.3 Å². The lowest BCUT2D eigenvalue weighted by Gasteiger charge is -2.23. The molecule has 2 atom stereocenters. The second kappa shape index (κ2) is 6.08. The number of methoxy groups -OCH3 is 2. The summed E-state index contributed by atoms with van der Waals surface area (Å²) < 4.78 is 23.2. The summed E-state index contributed by atoms with van der Waals surface area (Å²) in [7, 11) is 3.22. The molecule has 1 saturated heterocycles. The summed E-state index contributed by atoms with van der Waals surface area (Å²) in [4.78, 5) is 17.8. The van der Waals surface area contributed by atoms with Gasteiger partial charge in [0.1, 0.15) is 11.5 Å². The number of rotatable bonds is 4. The Morgan fingerprint density at radius 2 is 2.32 bits per heavy atom. The van der Waals surface area contributed by atoms with Gasteiger partial charge in [-0.25, -0.2) is 9.37 Å². The first kappa shape index (κ1) is 13.9. The molecule has 1 aromatic heterocycles. The number of hydrogen-bond donors (Lipinski definition) is 0. The van der Waals surface area contributed by atoms with E-state index in [0.717, 1.165) is 12.6 Å². The van der Waals surface area contributed by atoms with Crippen LogP contribution in [0.2, 0.25) is 0 Å². The Morgan fingerprint density at radius 1 is 1.53 bits per heavy atom. The highest BCUT2D eigenvalue weighted by atomic mass is 19.1. The van der Waals surface area contributed by atoms with Crippen LogP contribution in [-0.2, 0) is 9.47 Å². The van der Waals surface area contributed by atoms with E-state index >= 15 is 0 Å². The highest BCUT2D eigenvalue weighted by Gasteiger charge is 2.36. The Kier molecular flexibility index (Phi) is 4.44. The third kappa shape index (κ3) is 3.08. The maximum atomic E-state index is 12.8. The summed E-state index contributed by atoms with van der Waals surface area (Å²) >= 11 is 0. The van der Waals surface area contributed by atoms with Crippen LogP contribution in [0.15, 0.2) is 18.3 Å². The van der Waals surface area contributed by atoms with Gasteiger partial charge in [-0.2, -0.15) is 0 Å². The minimum Gasteiger partial charge on any atom is -0.383 e. The summed E-state index contributed by atoms with van der Waals surface area (Å²) in [6.07, 6.45) is 1.78. The average Bonchev–Trinajstić information content (AvgIpc) is 2.82. The molecule has 0 spiro atoms. The summed E-state index contributed by atoms with van der Waals surface area (Å²) in [6.45, 7) is 0.954. The van der Waals surface area contributed by atoms with Crippen LogP contribution in [0, 0.1) is 5.82 Å². The van der Waals surface area contributed by atoms with Gasteiger partial charge in [0.05, 0.1) is 24.9 Å². The van der Waals surface area contributed by atoms with Crippen LogP contribution in [0.25, 0.3) is 0 Å². The van der Waals surface area contributed by atoms with Crippen LogP contribution in [0.1, 0.15) is 16.9 Å². The molecule has 0 aliphatic carbocycles. The van der Waals surface area contributed by atoms with Crippen LogP contribution in [0.4, 0.5) is 4.39 Å². The SMILES string of the molecule is COC[C@@H]1C[C@H](OC)CN1C(=O)c1ccc(F)cn1. The van der Waals surface area contributed by atoms with Crippen LogP contribution < -0.4 is 0 Å². The topological polar surface area (TPSA) is 51.7 Å². The zero-order valence-electron chi connectivity index (χ0n) is 11.0. The number of hydrogen-bond acceptors (Lipinski definition) is 4. The Labute approximate surface area is 111 Å². The van der Waals surface area contributed by atoms with Gasteiger partial charge in [0.15, 0.2) is 0 Å². The third-order valence-electron chi connectivity index (χ3n) is 3.28. The molecule has 1 amide bonds. The van der Waals surface area contributed by atoms with Crippen molar-refractivity contribution in [1.29, 1.82) is 0 Å². The number of likely N-dealkylation sites (tertiary alicyclic amines) is 1. The molecule has 0 aromatic carbocycles. The molecule has 2 heterocycles. The molecule has 0 unspecified atom stereocenters. The molecular formula is C13H17FN2O3. The normalized spacial score (nSPS) is 22.8. The van der Waals surface area contributed by atoms with Crippen molar-refractivity contribution in [3.05, 3.63) is 29.8 Å². The molecule has 1 aliphatic heterocycles. The molecule has 104 valence electrons. The number of aromatic nitrogens is 1. The van der Waals surface area contributed by atoms with Crippen LogP contribution in [0.3, 0.4) is 0 Å². The van der Waals surface area contributed by atoms with Gasteiger partial charge in [-0.15, -0.1) is 0 Å². The number of nitrogens with zero attached hydrogens (tertiary/aromatic N) is 2. The van der Waals surface area contributed by atoms with Gasteiger partial charge in [0, 0.05) is 20.8 Å². The molecule has 0 saturated carbocycles. The molecule has 6 heteroatoms. The van der Waals surface area contributed by atoms with Gasteiger partial charge < -0.3 is 14.4 Å². The molecule has 0 bridgehead atoms. The first-order valence-corrected chi connectivity index (χ1v) is 6.10. The van der Waals surface area contributed by atoms with Crippen molar-refractivity contribution in [3.8, 4) is 0 Å². The second-order valence-electron chi connectivity index (χ2n) is 4.52. The predicted molar refractivity (Wildman–Crippen MR) is 66.3 cm³/mol. The van der Waals surface area contributed by atoms with Gasteiger partial charge in [-0.1, -0.05) is 0 Å². The van der Waals surface area contributed by atoms with Gasteiger partial charge in [0.25, 0.3) is 5.91 Å². The van der Waals surface area contributed by atoms with Gasteiger partial charge in [0.2, 0.25) is 0 Å². The standard InChI is InChI=1S/C13H17FN2O3/c1-18-8-10-5-11(19-2)7-16(10)13(17)12-4-3-9(14)6-15-12/h3-4,6,10-11H,5,7-8H2,1-2H3/t10-,11-/m0/s1. The van der Waals surface area contributed by atoms with Gasteiger partial charge >= 0.3 is 0 Å². The van der Waals surface area contributed by atoms with Crippen molar-refractivity contribution < 1.29 is 18.7 Å². The fraction of sp³-hybridized carbons (Fsp3) is 0.538. The Balaban J connectivity index is 2.14. The quantitative estimate of drug-likeness (QED) is 0.820. The van der Waals surface area contributed by atoms with Crippen molar-refractivity contribution in [2.45, 2.75) is 18.6 Å². The first-order valence-electron chi connectivity index (χ1n) is 6.10. The van der Waals surface area contributed by atoms with Crippen molar-refractivity contribution in [2.24, 2.45) is 0 Å². The summed E-state index contributed by atoms with van der Waals surface area (Å²) in [5, 5.41) is 0. The molecule has 0 radical (unpaired) electrons. The van der Waals surface area contributed by atoms with E-state index in [1.807, 2.05) is 0 Å². The molecule has 19 heavy (non-hydrogen) atoms. The van der Waals surface area contributed by atoms with E-state index in [0.29, 0.717) is 13.2 Å². The molecular weight excluding hydrogens is 251 g/mol. The van der Waals surface area contributed by atoms with Gasteiger partial charge in [-0.3, -0.25) is 4.79 Å². The Morgan fingerprint density at radius 3 is 2.89 bits per heavy atom. The number of carbonyl (C=O) groups is 1. The fourth-order valence-corrected chi connectivity index (χ4v) is 2.29. The molecule has 1 aromatic rings. The van der Waals surface area contributed by atoms with Crippen molar-refractivity contribution >= 4 is 5.91 Å². The maximum absolute atomic E-state index is 12.8. The molecule has 1 aliphatic rings. The Bertz CT molecular complexity index is 438. The average molecular weight is 268 g/mol. The lowest BCUT2D eigenvalue weighted by atomic mass is 10.2. The minimum absolute atomic E-state index is 0.00421. The molecule has 2 rings (SSSR count). The van der Waals surface area contributed by atoms with E-state index in [9.17, 15) is 9.18 Å². The maximum Gasteiger partial charge on any atom is 0.272 e. The van der Waals surface area contributed by atoms with E-state index in [1.54, 1.807) is 19.1 Å². The van der Waals surface area contributed by atoms with Crippen molar-refractivity contribution in [1.82, 2.24) is 9.88 Å². The largest absolute Gasteiger partial charge is 0.383 e. The van der Waals surface area contributed by atoms with Crippen LogP contribution >= 0.6 is 0 Å².